The molecule has 1 N–H and O–H groups in total. The van der Waals surface area contributed by atoms with Crippen molar-refractivity contribution < 1.29 is 17.5 Å². The molecule has 1 aromatic heterocycles. The van der Waals surface area contributed by atoms with Crippen LogP contribution in [0.15, 0.2) is 48.7 Å². The Bertz CT molecular complexity index is 1040. The molecule has 2 fully saturated rings. The van der Waals surface area contributed by atoms with Gasteiger partial charge in [0.15, 0.2) is 0 Å². The SMILES string of the molecule is CO[C@H]1C[C@H]2CC(NS(C)(=O)=O)CC[C@H]2[C@@H]1/C=C/c1ccc(-c2cccc(F)c2)cn1. The van der Waals surface area contributed by atoms with Crippen LogP contribution in [0.2, 0.25) is 0 Å². The number of nitrogens with one attached hydrogen (secondary N) is 1. The van der Waals surface area contributed by atoms with Gasteiger partial charge in [-0.25, -0.2) is 17.5 Å². The van der Waals surface area contributed by atoms with E-state index in [0.717, 1.165) is 42.5 Å². The summed E-state index contributed by atoms with van der Waals surface area (Å²) in [5.74, 6) is 0.976. The van der Waals surface area contributed by atoms with Crippen molar-refractivity contribution in [2.24, 2.45) is 17.8 Å². The fourth-order valence-corrected chi connectivity index (χ4v) is 6.10. The number of rotatable bonds is 6. The topological polar surface area (TPSA) is 68.3 Å². The highest BCUT2D eigenvalue weighted by Crippen LogP contribution is 2.47. The minimum absolute atomic E-state index is 0.0218. The van der Waals surface area contributed by atoms with Gasteiger partial charge in [0.25, 0.3) is 0 Å². The number of sulfonamides is 1. The van der Waals surface area contributed by atoms with Crippen molar-refractivity contribution in [1.82, 2.24) is 9.71 Å². The van der Waals surface area contributed by atoms with E-state index >= 15 is 0 Å². The molecular formula is C24H29FN2O3S. The molecule has 2 aliphatic rings. The smallest absolute Gasteiger partial charge is 0.208 e. The molecule has 31 heavy (non-hydrogen) atoms. The fraction of sp³-hybridized carbons (Fsp3) is 0.458. The minimum Gasteiger partial charge on any atom is -0.381 e. The minimum atomic E-state index is -3.18. The summed E-state index contributed by atoms with van der Waals surface area (Å²) in [6.07, 6.45) is 11.0. The van der Waals surface area contributed by atoms with Gasteiger partial charge >= 0.3 is 0 Å². The maximum absolute atomic E-state index is 13.5. The summed E-state index contributed by atoms with van der Waals surface area (Å²) in [6.45, 7) is 0. The summed E-state index contributed by atoms with van der Waals surface area (Å²) in [7, 11) is -1.43. The van der Waals surface area contributed by atoms with E-state index in [0.29, 0.717) is 17.8 Å². The summed E-state index contributed by atoms with van der Waals surface area (Å²) in [4.78, 5) is 4.53. The molecule has 0 aliphatic heterocycles. The van der Waals surface area contributed by atoms with E-state index in [2.05, 4.69) is 15.8 Å². The van der Waals surface area contributed by atoms with Crippen LogP contribution in [0.5, 0.6) is 0 Å². The number of ether oxygens (including phenoxy) is 1. The van der Waals surface area contributed by atoms with E-state index in [1.807, 2.05) is 24.3 Å². The summed E-state index contributed by atoms with van der Waals surface area (Å²) < 4.78 is 45.2. The number of fused-ring (bicyclic) bond motifs is 1. The molecule has 2 aliphatic carbocycles. The largest absolute Gasteiger partial charge is 0.381 e. The van der Waals surface area contributed by atoms with Gasteiger partial charge in [-0.15, -0.1) is 0 Å². The normalized spacial score (nSPS) is 28.7. The van der Waals surface area contributed by atoms with Crippen LogP contribution in [0.25, 0.3) is 17.2 Å². The fourth-order valence-electron chi connectivity index (χ4n) is 5.28. The van der Waals surface area contributed by atoms with Crippen molar-refractivity contribution in [3.05, 3.63) is 60.2 Å². The molecule has 5 nitrogen and oxygen atoms in total. The first kappa shape index (κ1) is 22.1. The second-order valence-corrected chi connectivity index (χ2v) is 10.5. The number of halogens is 1. The predicted molar refractivity (Wildman–Crippen MR) is 120 cm³/mol. The molecule has 166 valence electrons. The van der Waals surface area contributed by atoms with Gasteiger partial charge in [-0.1, -0.05) is 24.3 Å². The van der Waals surface area contributed by atoms with Crippen molar-refractivity contribution in [3.63, 3.8) is 0 Å². The third kappa shape index (κ3) is 5.40. The third-order valence-electron chi connectivity index (χ3n) is 6.62. The highest BCUT2D eigenvalue weighted by Gasteiger charge is 2.45. The second kappa shape index (κ2) is 9.18. The Kier molecular flexibility index (Phi) is 6.55. The molecule has 0 spiro atoms. The van der Waals surface area contributed by atoms with Gasteiger partial charge in [0.2, 0.25) is 10.0 Å². The molecule has 0 amide bonds. The van der Waals surface area contributed by atoms with E-state index < -0.39 is 10.0 Å². The van der Waals surface area contributed by atoms with E-state index in [-0.39, 0.29) is 18.0 Å². The summed E-state index contributed by atoms with van der Waals surface area (Å²) in [6, 6.07) is 10.4. The number of methoxy groups -OCH3 is 1. The van der Waals surface area contributed by atoms with Crippen LogP contribution in [0.3, 0.4) is 0 Å². The van der Waals surface area contributed by atoms with Crippen LogP contribution in [-0.4, -0.2) is 38.9 Å². The second-order valence-electron chi connectivity index (χ2n) is 8.75. The summed E-state index contributed by atoms with van der Waals surface area (Å²) >= 11 is 0. The molecule has 0 saturated heterocycles. The van der Waals surface area contributed by atoms with Crippen molar-refractivity contribution in [1.29, 1.82) is 0 Å². The highest BCUT2D eigenvalue weighted by atomic mass is 32.2. The number of aromatic nitrogens is 1. The first-order chi connectivity index (χ1) is 14.8. The number of hydrogen-bond donors (Lipinski definition) is 1. The van der Waals surface area contributed by atoms with Crippen LogP contribution < -0.4 is 4.72 Å². The average molecular weight is 445 g/mol. The molecule has 1 heterocycles. The number of benzene rings is 1. The molecule has 7 heteroatoms. The Labute approximate surface area is 183 Å². The average Bonchev–Trinajstić information content (AvgIpc) is 3.08. The first-order valence-corrected chi connectivity index (χ1v) is 12.6. The quantitative estimate of drug-likeness (QED) is 0.723. The van der Waals surface area contributed by atoms with Crippen LogP contribution in [0.1, 0.15) is 31.4 Å². The monoisotopic (exact) mass is 444 g/mol. The number of pyridine rings is 1. The molecule has 0 bridgehead atoms. The van der Waals surface area contributed by atoms with Gasteiger partial charge < -0.3 is 4.74 Å². The Balaban J connectivity index is 1.44. The lowest BCUT2D eigenvalue weighted by Gasteiger charge is -2.33. The third-order valence-corrected chi connectivity index (χ3v) is 7.38. The molecule has 2 aromatic rings. The van der Waals surface area contributed by atoms with Crippen molar-refractivity contribution in [3.8, 4) is 11.1 Å². The van der Waals surface area contributed by atoms with Crippen molar-refractivity contribution in [2.75, 3.05) is 13.4 Å². The van der Waals surface area contributed by atoms with Crippen LogP contribution >= 0.6 is 0 Å². The molecule has 5 atom stereocenters. The van der Waals surface area contributed by atoms with Gasteiger partial charge in [0, 0.05) is 30.8 Å². The summed E-state index contributed by atoms with van der Waals surface area (Å²) in [5, 5.41) is 0. The zero-order chi connectivity index (χ0) is 22.0. The standard InChI is InChI=1S/C24H29FN2O3S/c1-30-24-14-18-13-21(27-31(2,28)29)9-10-22(18)23(24)11-8-20-7-6-17(15-26-20)16-4-3-5-19(25)12-16/h3-8,11-12,15,18,21-24,27H,9-10,13-14H2,1-2H3/b11-8+/t18-,21?,22-,23+,24+/m1/s1. The zero-order valence-corrected chi connectivity index (χ0v) is 18.7. The van der Waals surface area contributed by atoms with E-state index in [1.165, 1.54) is 18.4 Å². The van der Waals surface area contributed by atoms with Crippen molar-refractivity contribution >= 4 is 16.1 Å². The highest BCUT2D eigenvalue weighted by molar-refractivity contribution is 7.88. The van der Waals surface area contributed by atoms with Crippen LogP contribution in [0, 0.1) is 23.6 Å². The van der Waals surface area contributed by atoms with E-state index in [4.69, 9.17) is 4.74 Å². The molecule has 4 rings (SSSR count). The number of hydrogen-bond acceptors (Lipinski definition) is 4. The van der Waals surface area contributed by atoms with E-state index in [9.17, 15) is 12.8 Å². The lowest BCUT2D eigenvalue weighted by Crippen LogP contribution is -2.39. The molecular weight excluding hydrogens is 415 g/mol. The van der Waals surface area contributed by atoms with Gasteiger partial charge in [0.05, 0.1) is 18.1 Å². The van der Waals surface area contributed by atoms with Crippen LogP contribution in [-0.2, 0) is 14.8 Å². The van der Waals surface area contributed by atoms with Gasteiger partial charge in [-0.05, 0) is 67.4 Å². The maximum Gasteiger partial charge on any atom is 0.208 e. The molecule has 0 radical (unpaired) electrons. The Morgan fingerprint density at radius 2 is 2.00 bits per heavy atom. The molecule has 1 aromatic carbocycles. The van der Waals surface area contributed by atoms with Crippen LogP contribution in [0.4, 0.5) is 4.39 Å². The van der Waals surface area contributed by atoms with Gasteiger partial charge in [-0.3, -0.25) is 4.98 Å². The zero-order valence-electron chi connectivity index (χ0n) is 17.9. The Hall–Kier alpha value is -2.09. The lowest BCUT2D eigenvalue weighted by atomic mass is 9.76. The van der Waals surface area contributed by atoms with E-state index in [1.54, 1.807) is 19.4 Å². The first-order valence-electron chi connectivity index (χ1n) is 10.7. The maximum atomic E-state index is 13.5. The Morgan fingerprint density at radius 1 is 1.16 bits per heavy atom. The van der Waals surface area contributed by atoms with Crippen molar-refractivity contribution in [2.45, 2.75) is 37.8 Å². The molecule has 1 unspecified atom stereocenters. The predicted octanol–water partition coefficient (Wildman–Crippen LogP) is 4.27. The summed E-state index contributed by atoms with van der Waals surface area (Å²) in [5.41, 5.74) is 2.54. The lowest BCUT2D eigenvalue weighted by molar-refractivity contribution is 0.0778. The Morgan fingerprint density at radius 3 is 2.68 bits per heavy atom. The van der Waals surface area contributed by atoms with Gasteiger partial charge in [0.1, 0.15) is 5.82 Å². The van der Waals surface area contributed by atoms with Gasteiger partial charge in [-0.2, -0.15) is 0 Å². The number of nitrogens with zero attached hydrogens (tertiary/aromatic N) is 1. The molecule has 2 saturated carbocycles.